The molecule has 1 N–H and O–H groups in total. The summed E-state index contributed by atoms with van der Waals surface area (Å²) < 4.78 is 0. The first kappa shape index (κ1) is 8.48. The average Bonchev–Trinajstić information content (AvgIpc) is 2.17. The minimum absolute atomic E-state index is 0.0728. The Balaban J connectivity index is 2.74. The van der Waals surface area contributed by atoms with E-state index in [1.165, 1.54) is 0 Å². The van der Waals surface area contributed by atoms with Gasteiger partial charge in [0.15, 0.2) is 0 Å². The molecular formula is C10H8ClNO. The molecule has 0 atom stereocenters. The van der Waals surface area contributed by atoms with Crippen molar-refractivity contribution < 1.29 is 5.11 Å². The molecule has 0 fully saturated rings. The fourth-order valence-corrected chi connectivity index (χ4v) is 1.45. The highest BCUT2D eigenvalue weighted by Gasteiger charge is 2.02. The van der Waals surface area contributed by atoms with Crippen molar-refractivity contribution >= 4 is 22.5 Å². The molecular weight excluding hydrogens is 186 g/mol. The Morgan fingerprint density at radius 3 is 2.85 bits per heavy atom. The Labute approximate surface area is 80.8 Å². The quantitative estimate of drug-likeness (QED) is 0.706. The predicted molar refractivity (Wildman–Crippen MR) is 52.7 cm³/mol. The molecule has 2 aromatic rings. The third-order valence-electron chi connectivity index (χ3n) is 1.92. The van der Waals surface area contributed by atoms with E-state index in [0.717, 1.165) is 10.9 Å². The molecule has 0 saturated carbocycles. The van der Waals surface area contributed by atoms with Crippen LogP contribution in [0, 0.1) is 0 Å². The topological polar surface area (TPSA) is 33.1 Å². The molecule has 1 aromatic heterocycles. The molecule has 0 aliphatic carbocycles. The van der Waals surface area contributed by atoms with Gasteiger partial charge < -0.3 is 5.11 Å². The molecule has 3 heteroatoms. The number of nitrogens with zero attached hydrogens (tertiary/aromatic N) is 1. The lowest BCUT2D eigenvalue weighted by Gasteiger charge is -2.02. The van der Waals surface area contributed by atoms with Gasteiger partial charge in [-0.2, -0.15) is 0 Å². The van der Waals surface area contributed by atoms with Crippen LogP contribution in [0.2, 0.25) is 5.15 Å². The minimum atomic E-state index is -0.0728. The minimum Gasteiger partial charge on any atom is -0.392 e. The van der Waals surface area contributed by atoms with E-state index < -0.39 is 0 Å². The maximum Gasteiger partial charge on any atom is 0.135 e. The standard InChI is InChI=1S/C10H8ClNO/c11-10-8(6-13)5-7-3-1-2-4-9(7)12-10/h1-5,13H,6H2. The zero-order valence-corrected chi connectivity index (χ0v) is 7.62. The van der Waals surface area contributed by atoms with E-state index in [-0.39, 0.29) is 6.61 Å². The fraction of sp³-hybridized carbons (Fsp3) is 0.100. The largest absolute Gasteiger partial charge is 0.392 e. The molecule has 2 rings (SSSR count). The molecule has 0 amide bonds. The van der Waals surface area contributed by atoms with E-state index in [9.17, 15) is 0 Å². The number of hydrogen-bond acceptors (Lipinski definition) is 2. The summed E-state index contributed by atoms with van der Waals surface area (Å²) in [6, 6.07) is 9.52. The Hall–Kier alpha value is -1.12. The van der Waals surface area contributed by atoms with E-state index in [4.69, 9.17) is 16.7 Å². The van der Waals surface area contributed by atoms with Gasteiger partial charge in [-0.3, -0.25) is 0 Å². The summed E-state index contributed by atoms with van der Waals surface area (Å²) in [5, 5.41) is 10.3. The van der Waals surface area contributed by atoms with Gasteiger partial charge in [-0.05, 0) is 12.1 Å². The first-order chi connectivity index (χ1) is 6.31. The summed E-state index contributed by atoms with van der Waals surface area (Å²) in [6.45, 7) is -0.0728. The van der Waals surface area contributed by atoms with Crippen LogP contribution in [0.1, 0.15) is 5.56 Å². The van der Waals surface area contributed by atoms with Crippen molar-refractivity contribution in [1.29, 1.82) is 0 Å². The number of halogens is 1. The number of hydrogen-bond donors (Lipinski definition) is 1. The molecule has 0 radical (unpaired) electrons. The summed E-state index contributed by atoms with van der Waals surface area (Å²) in [4.78, 5) is 4.15. The van der Waals surface area contributed by atoms with E-state index in [1.807, 2.05) is 30.3 Å². The molecule has 0 saturated heterocycles. The van der Waals surface area contributed by atoms with Crippen molar-refractivity contribution in [2.75, 3.05) is 0 Å². The Morgan fingerprint density at radius 2 is 2.08 bits per heavy atom. The molecule has 0 spiro atoms. The van der Waals surface area contributed by atoms with E-state index in [2.05, 4.69) is 4.98 Å². The number of para-hydroxylation sites is 1. The SMILES string of the molecule is OCc1cc2ccccc2nc1Cl. The zero-order chi connectivity index (χ0) is 9.26. The first-order valence-corrected chi connectivity index (χ1v) is 4.34. The van der Waals surface area contributed by atoms with E-state index >= 15 is 0 Å². The summed E-state index contributed by atoms with van der Waals surface area (Å²) >= 11 is 5.83. The van der Waals surface area contributed by atoms with Crippen LogP contribution < -0.4 is 0 Å². The average molecular weight is 194 g/mol. The highest BCUT2D eigenvalue weighted by molar-refractivity contribution is 6.30. The van der Waals surface area contributed by atoms with Gasteiger partial charge in [0.25, 0.3) is 0 Å². The van der Waals surface area contributed by atoms with Crippen molar-refractivity contribution in [1.82, 2.24) is 4.98 Å². The summed E-state index contributed by atoms with van der Waals surface area (Å²) in [6.07, 6.45) is 0. The van der Waals surface area contributed by atoms with Gasteiger partial charge in [0.1, 0.15) is 5.15 Å². The molecule has 1 heterocycles. The van der Waals surface area contributed by atoms with Crippen LogP contribution >= 0.6 is 11.6 Å². The second-order valence-corrected chi connectivity index (χ2v) is 3.15. The highest BCUT2D eigenvalue weighted by atomic mass is 35.5. The second kappa shape index (κ2) is 3.32. The second-order valence-electron chi connectivity index (χ2n) is 2.79. The van der Waals surface area contributed by atoms with Gasteiger partial charge in [-0.1, -0.05) is 29.8 Å². The lowest BCUT2D eigenvalue weighted by Crippen LogP contribution is -1.89. The molecule has 2 nitrogen and oxygen atoms in total. The molecule has 0 unspecified atom stereocenters. The van der Waals surface area contributed by atoms with Crippen LogP contribution in [0.5, 0.6) is 0 Å². The van der Waals surface area contributed by atoms with Crippen molar-refractivity contribution in [3.8, 4) is 0 Å². The Bertz CT molecular complexity index is 442. The van der Waals surface area contributed by atoms with Crippen LogP contribution in [0.25, 0.3) is 10.9 Å². The normalized spacial score (nSPS) is 10.6. The third-order valence-corrected chi connectivity index (χ3v) is 2.25. The summed E-state index contributed by atoms with van der Waals surface area (Å²) in [5.74, 6) is 0. The van der Waals surface area contributed by atoms with Gasteiger partial charge >= 0.3 is 0 Å². The van der Waals surface area contributed by atoms with Crippen molar-refractivity contribution in [3.63, 3.8) is 0 Å². The number of aliphatic hydroxyl groups is 1. The van der Waals surface area contributed by atoms with Crippen LogP contribution in [-0.4, -0.2) is 10.1 Å². The van der Waals surface area contributed by atoms with Gasteiger partial charge in [0, 0.05) is 10.9 Å². The molecule has 0 bridgehead atoms. The monoisotopic (exact) mass is 193 g/mol. The lowest BCUT2D eigenvalue weighted by molar-refractivity contribution is 0.281. The molecule has 0 aliphatic rings. The molecule has 0 aliphatic heterocycles. The maximum atomic E-state index is 8.95. The zero-order valence-electron chi connectivity index (χ0n) is 6.87. The van der Waals surface area contributed by atoms with Crippen LogP contribution in [0.3, 0.4) is 0 Å². The number of pyridine rings is 1. The Kier molecular flexibility index (Phi) is 2.17. The van der Waals surface area contributed by atoms with Crippen LogP contribution in [0.4, 0.5) is 0 Å². The number of aliphatic hydroxyl groups excluding tert-OH is 1. The predicted octanol–water partition coefficient (Wildman–Crippen LogP) is 2.38. The van der Waals surface area contributed by atoms with Crippen molar-refractivity contribution in [3.05, 3.63) is 41.0 Å². The van der Waals surface area contributed by atoms with E-state index in [0.29, 0.717) is 10.7 Å². The van der Waals surface area contributed by atoms with Gasteiger partial charge in [0.05, 0.1) is 12.1 Å². The van der Waals surface area contributed by atoms with Gasteiger partial charge in [0.2, 0.25) is 0 Å². The number of rotatable bonds is 1. The van der Waals surface area contributed by atoms with Gasteiger partial charge in [-0.25, -0.2) is 4.98 Å². The maximum absolute atomic E-state index is 8.95. The van der Waals surface area contributed by atoms with E-state index in [1.54, 1.807) is 0 Å². The Morgan fingerprint density at radius 1 is 1.31 bits per heavy atom. The molecule has 1 aromatic carbocycles. The number of aromatic nitrogens is 1. The van der Waals surface area contributed by atoms with Crippen molar-refractivity contribution in [2.24, 2.45) is 0 Å². The molecule has 66 valence electrons. The van der Waals surface area contributed by atoms with Crippen LogP contribution in [-0.2, 0) is 6.61 Å². The summed E-state index contributed by atoms with van der Waals surface area (Å²) in [7, 11) is 0. The number of benzene rings is 1. The fourth-order valence-electron chi connectivity index (χ4n) is 1.25. The highest BCUT2D eigenvalue weighted by Crippen LogP contribution is 2.19. The lowest BCUT2D eigenvalue weighted by atomic mass is 10.2. The first-order valence-electron chi connectivity index (χ1n) is 3.96. The molecule has 13 heavy (non-hydrogen) atoms. The number of fused-ring (bicyclic) bond motifs is 1. The summed E-state index contributed by atoms with van der Waals surface area (Å²) in [5.41, 5.74) is 1.52. The third kappa shape index (κ3) is 1.50. The smallest absolute Gasteiger partial charge is 0.135 e. The van der Waals surface area contributed by atoms with Gasteiger partial charge in [-0.15, -0.1) is 0 Å². The van der Waals surface area contributed by atoms with Crippen LogP contribution in [0.15, 0.2) is 30.3 Å². The van der Waals surface area contributed by atoms with Crippen molar-refractivity contribution in [2.45, 2.75) is 6.61 Å².